The van der Waals surface area contributed by atoms with Crippen molar-refractivity contribution in [3.8, 4) is 0 Å². The molecule has 27 heavy (non-hydrogen) atoms. The van der Waals surface area contributed by atoms with Gasteiger partial charge in [0.05, 0.1) is 4.92 Å². The van der Waals surface area contributed by atoms with E-state index in [1.807, 2.05) is 11.3 Å². The molecular formula is C20H25N3O3S. The lowest BCUT2D eigenvalue weighted by molar-refractivity contribution is -0.384. The number of benzene rings is 1. The number of nitro groups is 1. The Labute approximate surface area is 163 Å². The number of amides is 1. The van der Waals surface area contributed by atoms with Crippen molar-refractivity contribution in [3.63, 3.8) is 0 Å². The van der Waals surface area contributed by atoms with Gasteiger partial charge < -0.3 is 5.32 Å². The van der Waals surface area contributed by atoms with Gasteiger partial charge in [-0.05, 0) is 48.4 Å². The van der Waals surface area contributed by atoms with Crippen molar-refractivity contribution >= 4 is 22.9 Å². The van der Waals surface area contributed by atoms with E-state index in [2.05, 4.69) is 35.5 Å². The van der Waals surface area contributed by atoms with E-state index in [4.69, 9.17) is 0 Å². The summed E-state index contributed by atoms with van der Waals surface area (Å²) in [5.41, 5.74) is 1.91. The summed E-state index contributed by atoms with van der Waals surface area (Å²) in [6.45, 7) is 5.79. The number of nitrogens with one attached hydrogen (secondary N) is 1. The summed E-state index contributed by atoms with van der Waals surface area (Å²) >= 11 is 1.83. The molecule has 0 radical (unpaired) electrons. The lowest BCUT2D eigenvalue weighted by Gasteiger charge is -2.41. The molecule has 0 spiro atoms. The molecule has 0 saturated heterocycles. The van der Waals surface area contributed by atoms with Crippen molar-refractivity contribution in [1.82, 2.24) is 10.2 Å². The second-order valence-corrected chi connectivity index (χ2v) is 7.75. The van der Waals surface area contributed by atoms with Crippen LogP contribution >= 0.6 is 11.3 Å². The molecule has 0 aliphatic carbocycles. The van der Waals surface area contributed by atoms with Crippen LogP contribution in [0.4, 0.5) is 5.69 Å². The Bertz CT molecular complexity index is 803. The van der Waals surface area contributed by atoms with Gasteiger partial charge in [-0.15, -0.1) is 11.3 Å². The maximum atomic E-state index is 12.3. The number of rotatable bonds is 7. The molecule has 1 aromatic carbocycles. The second-order valence-electron chi connectivity index (χ2n) is 6.80. The van der Waals surface area contributed by atoms with Crippen LogP contribution in [0.5, 0.6) is 0 Å². The molecule has 144 valence electrons. The zero-order valence-corrected chi connectivity index (χ0v) is 16.5. The number of hydrogen-bond acceptors (Lipinski definition) is 5. The van der Waals surface area contributed by atoms with Crippen molar-refractivity contribution in [1.29, 1.82) is 0 Å². The molecule has 1 amide bonds. The Hall–Kier alpha value is -2.25. The predicted molar refractivity (Wildman–Crippen MR) is 107 cm³/mol. The molecule has 2 aromatic rings. The molecule has 1 aliphatic heterocycles. The fraction of sp³-hybridized carbons (Fsp3) is 0.450. The Morgan fingerprint density at radius 3 is 2.63 bits per heavy atom. The number of thiophene rings is 1. The van der Waals surface area contributed by atoms with E-state index in [0.717, 1.165) is 25.8 Å². The van der Waals surface area contributed by atoms with Gasteiger partial charge in [-0.25, -0.2) is 0 Å². The van der Waals surface area contributed by atoms with E-state index >= 15 is 0 Å². The van der Waals surface area contributed by atoms with Gasteiger partial charge in [0.2, 0.25) is 0 Å². The summed E-state index contributed by atoms with van der Waals surface area (Å²) in [4.78, 5) is 26.6. The smallest absolute Gasteiger partial charge is 0.269 e. The van der Waals surface area contributed by atoms with Crippen molar-refractivity contribution in [3.05, 3.63) is 61.8 Å². The summed E-state index contributed by atoms with van der Waals surface area (Å²) in [6, 6.07) is 8.87. The minimum Gasteiger partial charge on any atom is -0.351 e. The van der Waals surface area contributed by atoms with Crippen LogP contribution in [-0.2, 0) is 6.42 Å². The second kappa shape index (κ2) is 8.63. The lowest BCUT2D eigenvalue weighted by Crippen LogP contribution is -2.46. The number of fused-ring (bicyclic) bond motifs is 1. The topological polar surface area (TPSA) is 75.5 Å². The molecule has 1 N–H and O–H groups in total. The Kier molecular flexibility index (Phi) is 6.23. The van der Waals surface area contributed by atoms with E-state index < -0.39 is 4.92 Å². The number of non-ortho nitro benzene ring substituents is 1. The number of nitrogens with zero attached hydrogens (tertiary/aromatic N) is 2. The molecule has 2 heterocycles. The molecule has 2 unspecified atom stereocenters. The number of nitro benzene ring substituents is 1. The summed E-state index contributed by atoms with van der Waals surface area (Å²) in [7, 11) is 0. The molecule has 2 atom stereocenters. The SMILES string of the molecule is CCC1Cc2ccsc2C(CC)N1CCNC(=O)c1ccc([N+](=O)[O-])cc1. The van der Waals surface area contributed by atoms with E-state index in [1.54, 1.807) is 0 Å². The van der Waals surface area contributed by atoms with Crippen LogP contribution in [0.15, 0.2) is 35.7 Å². The highest BCUT2D eigenvalue weighted by Crippen LogP contribution is 2.39. The van der Waals surface area contributed by atoms with Gasteiger partial charge in [-0.2, -0.15) is 0 Å². The molecular weight excluding hydrogens is 362 g/mol. The third-order valence-electron chi connectivity index (χ3n) is 5.26. The first-order chi connectivity index (χ1) is 13.0. The van der Waals surface area contributed by atoms with E-state index in [-0.39, 0.29) is 11.6 Å². The summed E-state index contributed by atoms with van der Waals surface area (Å²) in [5.74, 6) is -0.195. The van der Waals surface area contributed by atoms with Crippen LogP contribution in [0.1, 0.15) is 53.5 Å². The average Bonchev–Trinajstić information content (AvgIpc) is 3.15. The van der Waals surface area contributed by atoms with Gasteiger partial charge in [0, 0.05) is 47.7 Å². The van der Waals surface area contributed by atoms with Gasteiger partial charge in [0.25, 0.3) is 11.6 Å². The molecule has 0 bridgehead atoms. The Morgan fingerprint density at radius 1 is 1.26 bits per heavy atom. The molecule has 7 heteroatoms. The highest BCUT2D eigenvalue weighted by Gasteiger charge is 2.32. The average molecular weight is 388 g/mol. The minimum absolute atomic E-state index is 0.0109. The first kappa shape index (κ1) is 19.5. The molecule has 0 fully saturated rings. The minimum atomic E-state index is -0.466. The highest BCUT2D eigenvalue weighted by atomic mass is 32.1. The van der Waals surface area contributed by atoms with E-state index in [0.29, 0.717) is 24.2 Å². The maximum Gasteiger partial charge on any atom is 0.269 e. The first-order valence-electron chi connectivity index (χ1n) is 9.39. The van der Waals surface area contributed by atoms with Crippen LogP contribution in [0.3, 0.4) is 0 Å². The zero-order chi connectivity index (χ0) is 19.4. The van der Waals surface area contributed by atoms with Gasteiger partial charge >= 0.3 is 0 Å². The molecule has 6 nitrogen and oxygen atoms in total. The van der Waals surface area contributed by atoms with Crippen LogP contribution in [0.25, 0.3) is 0 Å². The van der Waals surface area contributed by atoms with Gasteiger partial charge in [-0.1, -0.05) is 13.8 Å². The number of hydrogen-bond donors (Lipinski definition) is 1. The quantitative estimate of drug-likeness (QED) is 0.571. The van der Waals surface area contributed by atoms with Crippen LogP contribution in [0.2, 0.25) is 0 Å². The lowest BCUT2D eigenvalue weighted by atomic mass is 9.92. The predicted octanol–water partition coefficient (Wildman–Crippen LogP) is 4.17. The molecule has 0 saturated carbocycles. The van der Waals surface area contributed by atoms with Gasteiger partial charge in [-0.3, -0.25) is 19.8 Å². The van der Waals surface area contributed by atoms with Crippen LogP contribution in [0, 0.1) is 10.1 Å². The Balaban J connectivity index is 1.61. The van der Waals surface area contributed by atoms with Gasteiger partial charge in [0.1, 0.15) is 0 Å². The Morgan fingerprint density at radius 2 is 2.00 bits per heavy atom. The molecule has 3 rings (SSSR count). The number of carbonyl (C=O) groups excluding carboxylic acids is 1. The molecule has 1 aromatic heterocycles. The standard InChI is InChI=1S/C20H25N3O3S/c1-3-16-13-15-9-12-27-19(15)18(4-2)22(16)11-10-21-20(24)14-5-7-17(8-6-14)23(25)26/h5-9,12,16,18H,3-4,10-11,13H2,1-2H3,(H,21,24). The normalized spacial score (nSPS) is 19.5. The summed E-state index contributed by atoms with van der Waals surface area (Å²) in [5, 5.41) is 15.9. The fourth-order valence-electron chi connectivity index (χ4n) is 3.86. The van der Waals surface area contributed by atoms with Crippen molar-refractivity contribution in [2.75, 3.05) is 13.1 Å². The van der Waals surface area contributed by atoms with E-state index in [9.17, 15) is 14.9 Å². The third kappa shape index (κ3) is 4.20. The fourth-order valence-corrected chi connectivity index (χ4v) is 5.00. The van der Waals surface area contributed by atoms with Crippen molar-refractivity contribution in [2.24, 2.45) is 0 Å². The van der Waals surface area contributed by atoms with Gasteiger partial charge in [0.15, 0.2) is 0 Å². The highest BCUT2D eigenvalue weighted by molar-refractivity contribution is 7.10. The largest absolute Gasteiger partial charge is 0.351 e. The number of carbonyl (C=O) groups is 1. The monoisotopic (exact) mass is 387 g/mol. The van der Waals surface area contributed by atoms with Crippen LogP contribution < -0.4 is 5.32 Å². The summed E-state index contributed by atoms with van der Waals surface area (Å²) in [6.07, 6.45) is 3.21. The molecule has 1 aliphatic rings. The first-order valence-corrected chi connectivity index (χ1v) is 10.3. The van der Waals surface area contributed by atoms with Crippen LogP contribution in [-0.4, -0.2) is 34.9 Å². The van der Waals surface area contributed by atoms with Crippen molar-refractivity contribution < 1.29 is 9.72 Å². The summed E-state index contributed by atoms with van der Waals surface area (Å²) < 4.78 is 0. The third-order valence-corrected chi connectivity index (χ3v) is 6.32. The van der Waals surface area contributed by atoms with Crippen molar-refractivity contribution in [2.45, 2.75) is 45.2 Å². The maximum absolute atomic E-state index is 12.3. The van der Waals surface area contributed by atoms with E-state index in [1.165, 1.54) is 34.7 Å². The zero-order valence-electron chi connectivity index (χ0n) is 15.7.